The number of nitro groups is 1. The van der Waals surface area contributed by atoms with E-state index in [0.717, 1.165) is 5.56 Å². The zero-order valence-corrected chi connectivity index (χ0v) is 15.7. The minimum Gasteiger partial charge on any atom is -0.353 e. The Kier molecular flexibility index (Phi) is 5.53. The highest BCUT2D eigenvalue weighted by Gasteiger charge is 2.24. The molecule has 1 saturated heterocycles. The van der Waals surface area contributed by atoms with E-state index in [1.165, 1.54) is 19.2 Å². The molecule has 0 spiro atoms. The van der Waals surface area contributed by atoms with Crippen LogP contribution >= 0.6 is 0 Å². The summed E-state index contributed by atoms with van der Waals surface area (Å²) in [5.74, 6) is 0.412. The molecule has 0 unspecified atom stereocenters. The molecule has 1 N–H and O–H groups in total. The van der Waals surface area contributed by atoms with Crippen molar-refractivity contribution in [3.63, 3.8) is 0 Å². The van der Waals surface area contributed by atoms with Gasteiger partial charge in [0.2, 0.25) is 5.91 Å². The topological polar surface area (TPSA) is 109 Å². The molecule has 0 bridgehead atoms. The van der Waals surface area contributed by atoms with Crippen LogP contribution in [0.3, 0.4) is 0 Å². The summed E-state index contributed by atoms with van der Waals surface area (Å²) in [6, 6.07) is 8.37. The number of nitrogens with one attached hydrogen (secondary N) is 1. The number of hydrogen-bond donors (Lipinski definition) is 1. The Morgan fingerprint density at radius 2 is 1.89 bits per heavy atom. The molecule has 28 heavy (non-hydrogen) atoms. The van der Waals surface area contributed by atoms with Crippen molar-refractivity contribution in [3.05, 3.63) is 57.8 Å². The quantitative estimate of drug-likeness (QED) is 0.640. The molecule has 3 rings (SSSR count). The van der Waals surface area contributed by atoms with E-state index in [2.05, 4.69) is 10.3 Å². The SMILES string of the molecule is CC(=O)Nc1cccc(C(=O)N2CCN(c3ncc([N+](=O)[O-])cc3C)CC2)c1. The number of nitrogens with zero attached hydrogens (tertiary/aromatic N) is 4. The predicted octanol–water partition coefficient (Wildman–Crippen LogP) is 2.22. The summed E-state index contributed by atoms with van der Waals surface area (Å²) in [5.41, 5.74) is 1.80. The van der Waals surface area contributed by atoms with Gasteiger partial charge in [-0.2, -0.15) is 0 Å². The van der Waals surface area contributed by atoms with Crippen molar-refractivity contribution in [2.45, 2.75) is 13.8 Å². The first-order valence-electron chi connectivity index (χ1n) is 8.88. The fourth-order valence-corrected chi connectivity index (χ4v) is 3.22. The van der Waals surface area contributed by atoms with Gasteiger partial charge in [0.25, 0.3) is 11.6 Å². The van der Waals surface area contributed by atoms with Gasteiger partial charge >= 0.3 is 0 Å². The highest BCUT2D eigenvalue weighted by Crippen LogP contribution is 2.23. The monoisotopic (exact) mass is 383 g/mol. The number of anilines is 2. The van der Waals surface area contributed by atoms with Crippen molar-refractivity contribution in [2.75, 3.05) is 36.4 Å². The summed E-state index contributed by atoms with van der Waals surface area (Å²) in [5, 5.41) is 13.5. The third kappa shape index (κ3) is 4.25. The van der Waals surface area contributed by atoms with Crippen LogP contribution in [0.25, 0.3) is 0 Å². The van der Waals surface area contributed by atoms with Crippen LogP contribution in [0.5, 0.6) is 0 Å². The number of piperazine rings is 1. The van der Waals surface area contributed by atoms with E-state index in [1.807, 2.05) is 4.90 Å². The fourth-order valence-electron chi connectivity index (χ4n) is 3.22. The second-order valence-electron chi connectivity index (χ2n) is 6.63. The standard InChI is InChI=1S/C19H21N5O4/c1-13-10-17(24(27)28)12-20-18(13)22-6-8-23(9-7-22)19(26)15-4-3-5-16(11-15)21-14(2)25/h3-5,10-12H,6-9H2,1-2H3,(H,21,25). The molecule has 2 heterocycles. The highest BCUT2D eigenvalue weighted by molar-refractivity contribution is 5.97. The second kappa shape index (κ2) is 8.03. The Labute approximate surface area is 162 Å². The van der Waals surface area contributed by atoms with Gasteiger partial charge in [-0.25, -0.2) is 4.98 Å². The van der Waals surface area contributed by atoms with E-state index in [9.17, 15) is 19.7 Å². The molecule has 0 aliphatic carbocycles. The van der Waals surface area contributed by atoms with E-state index >= 15 is 0 Å². The van der Waals surface area contributed by atoms with Gasteiger partial charge < -0.3 is 15.1 Å². The van der Waals surface area contributed by atoms with Crippen LogP contribution in [-0.2, 0) is 4.79 Å². The van der Waals surface area contributed by atoms with E-state index in [4.69, 9.17) is 0 Å². The van der Waals surface area contributed by atoms with Gasteiger partial charge in [-0.1, -0.05) is 6.07 Å². The van der Waals surface area contributed by atoms with E-state index in [1.54, 1.807) is 36.1 Å². The maximum Gasteiger partial charge on any atom is 0.287 e. The molecule has 1 aliphatic rings. The zero-order chi connectivity index (χ0) is 20.3. The molecule has 1 aromatic heterocycles. The Balaban J connectivity index is 1.66. The van der Waals surface area contributed by atoms with Crippen molar-refractivity contribution in [3.8, 4) is 0 Å². The summed E-state index contributed by atoms with van der Waals surface area (Å²) in [7, 11) is 0. The van der Waals surface area contributed by atoms with Gasteiger partial charge in [0, 0.05) is 50.4 Å². The Morgan fingerprint density at radius 1 is 1.18 bits per heavy atom. The normalized spacial score (nSPS) is 13.9. The molecular weight excluding hydrogens is 362 g/mol. The van der Waals surface area contributed by atoms with Gasteiger partial charge in [-0.15, -0.1) is 0 Å². The second-order valence-corrected chi connectivity index (χ2v) is 6.63. The van der Waals surface area contributed by atoms with Gasteiger partial charge in [0.15, 0.2) is 0 Å². The molecular formula is C19H21N5O4. The summed E-state index contributed by atoms with van der Waals surface area (Å²) in [4.78, 5) is 42.4. The molecule has 1 aliphatic heterocycles. The van der Waals surface area contributed by atoms with Crippen LogP contribution in [-0.4, -0.2) is 52.8 Å². The van der Waals surface area contributed by atoms with Crippen LogP contribution in [0.2, 0.25) is 0 Å². The largest absolute Gasteiger partial charge is 0.353 e. The maximum absolute atomic E-state index is 12.8. The summed E-state index contributed by atoms with van der Waals surface area (Å²) < 4.78 is 0. The Morgan fingerprint density at radius 3 is 2.50 bits per heavy atom. The number of pyridine rings is 1. The number of carbonyl (C=O) groups is 2. The maximum atomic E-state index is 12.8. The fraction of sp³-hybridized carbons (Fsp3) is 0.316. The van der Waals surface area contributed by atoms with Crippen molar-refractivity contribution in [2.24, 2.45) is 0 Å². The molecule has 0 radical (unpaired) electrons. The first kappa shape index (κ1) is 19.3. The molecule has 2 aromatic rings. The van der Waals surface area contributed by atoms with Crippen molar-refractivity contribution < 1.29 is 14.5 Å². The van der Waals surface area contributed by atoms with Crippen molar-refractivity contribution in [1.82, 2.24) is 9.88 Å². The van der Waals surface area contributed by atoms with Crippen molar-refractivity contribution >= 4 is 29.0 Å². The first-order chi connectivity index (χ1) is 13.3. The van der Waals surface area contributed by atoms with Gasteiger partial charge in [0.05, 0.1) is 4.92 Å². The van der Waals surface area contributed by atoms with Crippen LogP contribution < -0.4 is 10.2 Å². The number of aromatic nitrogens is 1. The predicted molar refractivity (Wildman–Crippen MR) is 104 cm³/mol. The van der Waals surface area contributed by atoms with E-state index in [-0.39, 0.29) is 17.5 Å². The molecule has 146 valence electrons. The third-order valence-corrected chi connectivity index (χ3v) is 4.54. The number of amides is 2. The minimum atomic E-state index is -0.463. The lowest BCUT2D eigenvalue weighted by molar-refractivity contribution is -0.385. The number of aryl methyl sites for hydroxylation is 1. The molecule has 1 fully saturated rings. The van der Waals surface area contributed by atoms with Gasteiger partial charge in [-0.05, 0) is 30.7 Å². The lowest BCUT2D eigenvalue weighted by atomic mass is 10.1. The Bertz CT molecular complexity index is 922. The molecule has 9 heteroatoms. The van der Waals surface area contributed by atoms with Crippen LogP contribution in [0.1, 0.15) is 22.8 Å². The molecule has 0 atom stereocenters. The molecule has 2 amide bonds. The minimum absolute atomic E-state index is 0.0332. The van der Waals surface area contributed by atoms with Crippen LogP contribution in [0.15, 0.2) is 36.5 Å². The lowest BCUT2D eigenvalue weighted by Crippen LogP contribution is -2.49. The number of benzene rings is 1. The van der Waals surface area contributed by atoms with Crippen LogP contribution in [0.4, 0.5) is 17.2 Å². The summed E-state index contributed by atoms with van der Waals surface area (Å²) in [6.07, 6.45) is 1.26. The first-order valence-corrected chi connectivity index (χ1v) is 8.88. The summed E-state index contributed by atoms with van der Waals surface area (Å²) in [6.45, 7) is 5.41. The highest BCUT2D eigenvalue weighted by atomic mass is 16.6. The lowest BCUT2D eigenvalue weighted by Gasteiger charge is -2.36. The number of rotatable bonds is 4. The molecule has 1 aromatic carbocycles. The van der Waals surface area contributed by atoms with Gasteiger partial charge in [-0.3, -0.25) is 19.7 Å². The summed E-state index contributed by atoms with van der Waals surface area (Å²) >= 11 is 0. The smallest absolute Gasteiger partial charge is 0.287 e. The Hall–Kier alpha value is -3.49. The zero-order valence-electron chi connectivity index (χ0n) is 15.7. The molecule has 0 saturated carbocycles. The van der Waals surface area contributed by atoms with Crippen LogP contribution in [0, 0.1) is 17.0 Å². The van der Waals surface area contributed by atoms with E-state index < -0.39 is 4.92 Å². The third-order valence-electron chi connectivity index (χ3n) is 4.54. The average molecular weight is 383 g/mol. The van der Waals surface area contributed by atoms with Gasteiger partial charge in [0.1, 0.15) is 12.0 Å². The number of hydrogen-bond acceptors (Lipinski definition) is 6. The van der Waals surface area contributed by atoms with E-state index in [0.29, 0.717) is 43.2 Å². The number of carbonyl (C=O) groups excluding carboxylic acids is 2. The average Bonchev–Trinajstić information content (AvgIpc) is 2.67. The van der Waals surface area contributed by atoms with Crippen molar-refractivity contribution in [1.29, 1.82) is 0 Å². The molecule has 9 nitrogen and oxygen atoms in total.